The van der Waals surface area contributed by atoms with Crippen LogP contribution in [0.5, 0.6) is 5.75 Å². The fourth-order valence-electron chi connectivity index (χ4n) is 2.35. The molecular weight excluding hydrogens is 342 g/mol. The first-order valence-electron chi connectivity index (χ1n) is 7.48. The molecule has 0 atom stereocenters. The fourth-order valence-corrected chi connectivity index (χ4v) is 3.05. The van der Waals surface area contributed by atoms with Gasteiger partial charge in [0, 0.05) is 4.90 Å². The van der Waals surface area contributed by atoms with E-state index in [0.717, 1.165) is 15.5 Å². The molecule has 2 amide bonds. The van der Waals surface area contributed by atoms with Crippen molar-refractivity contribution in [3.05, 3.63) is 59.7 Å². The van der Waals surface area contributed by atoms with Crippen LogP contribution >= 0.6 is 11.8 Å². The van der Waals surface area contributed by atoms with E-state index in [-0.39, 0.29) is 12.5 Å². The Morgan fingerprint density at radius 1 is 1.00 bits per heavy atom. The average Bonchev–Trinajstić information content (AvgIpc) is 2.89. The Kier molecular flexibility index (Phi) is 5.04. The van der Waals surface area contributed by atoms with Gasteiger partial charge in [-0.1, -0.05) is 12.1 Å². The molecule has 6 nitrogen and oxygen atoms in total. The fraction of sp³-hybridized carbons (Fsp3) is 0.167. The summed E-state index contributed by atoms with van der Waals surface area (Å²) in [7, 11) is 1.58. The lowest BCUT2D eigenvalue weighted by Crippen LogP contribution is -2.33. The highest BCUT2D eigenvalue weighted by Gasteiger charge is 2.35. The van der Waals surface area contributed by atoms with Crippen LogP contribution in [0.15, 0.2) is 53.4 Å². The highest BCUT2D eigenvalue weighted by atomic mass is 32.2. The van der Waals surface area contributed by atoms with Crippen molar-refractivity contribution in [3.8, 4) is 5.75 Å². The Hall–Kier alpha value is -2.80. The van der Waals surface area contributed by atoms with Crippen molar-refractivity contribution < 1.29 is 23.9 Å². The zero-order chi connectivity index (χ0) is 17.8. The Balaban J connectivity index is 1.51. The number of thioether (sulfide) groups is 1. The number of rotatable bonds is 6. The number of ether oxygens (including phenoxy) is 2. The van der Waals surface area contributed by atoms with Crippen molar-refractivity contribution in [2.24, 2.45) is 0 Å². The lowest BCUT2D eigenvalue weighted by atomic mass is 10.1. The molecule has 0 bridgehead atoms. The van der Waals surface area contributed by atoms with Gasteiger partial charge in [-0.3, -0.25) is 14.4 Å². The maximum absolute atomic E-state index is 12.2. The van der Waals surface area contributed by atoms with Crippen molar-refractivity contribution >= 4 is 29.5 Å². The summed E-state index contributed by atoms with van der Waals surface area (Å²) in [5, 5.41) is 0. The number of methoxy groups -OCH3 is 1. The van der Waals surface area contributed by atoms with Crippen LogP contribution in [0, 0.1) is 0 Å². The van der Waals surface area contributed by atoms with Gasteiger partial charge in [0.25, 0.3) is 11.8 Å². The van der Waals surface area contributed by atoms with Crippen LogP contribution in [0.2, 0.25) is 0 Å². The van der Waals surface area contributed by atoms with Crippen molar-refractivity contribution in [2.45, 2.75) is 4.90 Å². The zero-order valence-electron chi connectivity index (χ0n) is 13.4. The summed E-state index contributed by atoms with van der Waals surface area (Å²) in [6.07, 6.45) is 0. The molecule has 3 rings (SSSR count). The van der Waals surface area contributed by atoms with E-state index in [9.17, 15) is 14.4 Å². The molecule has 1 aliphatic rings. The normalized spacial score (nSPS) is 12.9. The minimum absolute atomic E-state index is 0.0789. The average molecular weight is 357 g/mol. The number of hydrogen-bond donors (Lipinski definition) is 0. The minimum Gasteiger partial charge on any atom is -0.497 e. The summed E-state index contributed by atoms with van der Waals surface area (Å²) in [4.78, 5) is 38.0. The Labute approximate surface area is 148 Å². The van der Waals surface area contributed by atoms with E-state index in [4.69, 9.17) is 9.47 Å². The molecule has 0 aliphatic carbocycles. The molecule has 0 spiro atoms. The van der Waals surface area contributed by atoms with E-state index < -0.39 is 17.8 Å². The van der Waals surface area contributed by atoms with Gasteiger partial charge in [-0.05, 0) is 36.4 Å². The summed E-state index contributed by atoms with van der Waals surface area (Å²) < 4.78 is 10.1. The number of hydrogen-bond acceptors (Lipinski definition) is 6. The zero-order valence-corrected chi connectivity index (χ0v) is 14.2. The predicted octanol–water partition coefficient (Wildman–Crippen LogP) is 2.58. The maximum atomic E-state index is 12.2. The van der Waals surface area contributed by atoms with Gasteiger partial charge in [0.1, 0.15) is 5.75 Å². The van der Waals surface area contributed by atoms with Crippen LogP contribution in [0.3, 0.4) is 0 Å². The molecule has 0 aromatic heterocycles. The van der Waals surface area contributed by atoms with E-state index in [1.807, 2.05) is 12.1 Å². The number of amides is 2. The number of benzene rings is 2. The molecule has 128 valence electrons. The van der Waals surface area contributed by atoms with Crippen LogP contribution in [0.4, 0.5) is 0 Å². The van der Waals surface area contributed by atoms with E-state index in [1.165, 1.54) is 11.8 Å². The lowest BCUT2D eigenvalue weighted by Gasteiger charge is -2.13. The number of nitrogens with zero attached hydrogens (tertiary/aromatic N) is 1. The second-order valence-electron chi connectivity index (χ2n) is 5.19. The van der Waals surface area contributed by atoms with Crippen molar-refractivity contribution in [1.82, 2.24) is 4.90 Å². The molecule has 0 saturated carbocycles. The van der Waals surface area contributed by atoms with Crippen LogP contribution in [0.25, 0.3) is 0 Å². The summed E-state index contributed by atoms with van der Waals surface area (Å²) in [6.45, 7) is -0.381. The molecule has 25 heavy (non-hydrogen) atoms. The van der Waals surface area contributed by atoms with E-state index in [0.29, 0.717) is 11.1 Å². The molecule has 1 heterocycles. The van der Waals surface area contributed by atoms with E-state index in [2.05, 4.69) is 0 Å². The third kappa shape index (κ3) is 3.66. The summed E-state index contributed by atoms with van der Waals surface area (Å²) in [6, 6.07) is 13.8. The molecule has 2 aromatic rings. The monoisotopic (exact) mass is 357 g/mol. The number of imide groups is 1. The predicted molar refractivity (Wildman–Crippen MR) is 91.6 cm³/mol. The van der Waals surface area contributed by atoms with Crippen molar-refractivity contribution in [3.63, 3.8) is 0 Å². The van der Waals surface area contributed by atoms with Gasteiger partial charge < -0.3 is 9.47 Å². The second kappa shape index (κ2) is 7.40. The SMILES string of the molecule is COc1ccc(SCC(=O)OCN2C(=O)c3ccccc3C2=O)cc1. The molecule has 0 fully saturated rings. The summed E-state index contributed by atoms with van der Waals surface area (Å²) >= 11 is 1.30. The molecule has 0 saturated heterocycles. The number of fused-ring (bicyclic) bond motifs is 1. The van der Waals surface area contributed by atoms with Crippen LogP contribution in [0.1, 0.15) is 20.7 Å². The van der Waals surface area contributed by atoms with Crippen molar-refractivity contribution in [2.75, 3.05) is 19.6 Å². The maximum Gasteiger partial charge on any atom is 0.318 e. The quantitative estimate of drug-likeness (QED) is 0.449. The number of carbonyl (C=O) groups is 3. The van der Waals surface area contributed by atoms with Crippen LogP contribution < -0.4 is 4.74 Å². The molecule has 0 unspecified atom stereocenters. The van der Waals surface area contributed by atoms with Gasteiger partial charge in [0.15, 0.2) is 6.73 Å². The first-order valence-corrected chi connectivity index (χ1v) is 8.46. The van der Waals surface area contributed by atoms with Crippen molar-refractivity contribution in [1.29, 1.82) is 0 Å². The Bertz CT molecular complexity index is 783. The standard InChI is InChI=1S/C18H15NO5S/c1-23-12-6-8-13(9-7-12)25-10-16(20)24-11-19-17(21)14-4-2-3-5-15(14)18(19)22/h2-9H,10-11H2,1H3. The topological polar surface area (TPSA) is 72.9 Å². The van der Waals surface area contributed by atoms with Gasteiger partial charge in [0.05, 0.1) is 24.0 Å². The molecular formula is C18H15NO5S. The smallest absolute Gasteiger partial charge is 0.318 e. The first kappa shape index (κ1) is 17.0. The first-order chi connectivity index (χ1) is 12.1. The summed E-state index contributed by atoms with van der Waals surface area (Å²) in [5.74, 6) is -0.586. The largest absolute Gasteiger partial charge is 0.497 e. The highest BCUT2D eigenvalue weighted by molar-refractivity contribution is 8.00. The molecule has 2 aromatic carbocycles. The van der Waals surface area contributed by atoms with Gasteiger partial charge in [-0.2, -0.15) is 0 Å². The molecule has 0 N–H and O–H groups in total. The molecule has 0 radical (unpaired) electrons. The minimum atomic E-state index is -0.502. The summed E-state index contributed by atoms with van der Waals surface area (Å²) in [5.41, 5.74) is 0.660. The number of carbonyl (C=O) groups excluding carboxylic acids is 3. The van der Waals surface area contributed by atoms with Gasteiger partial charge in [0.2, 0.25) is 0 Å². The van der Waals surface area contributed by atoms with E-state index in [1.54, 1.807) is 43.5 Å². The van der Waals surface area contributed by atoms with Crippen LogP contribution in [-0.2, 0) is 9.53 Å². The molecule has 1 aliphatic heterocycles. The van der Waals surface area contributed by atoms with Gasteiger partial charge in [-0.25, -0.2) is 4.90 Å². The lowest BCUT2D eigenvalue weighted by molar-refractivity contribution is -0.142. The van der Waals surface area contributed by atoms with Gasteiger partial charge in [-0.15, -0.1) is 11.8 Å². The number of esters is 1. The Morgan fingerprint density at radius 3 is 2.16 bits per heavy atom. The third-order valence-corrected chi connectivity index (χ3v) is 4.63. The van der Waals surface area contributed by atoms with Gasteiger partial charge >= 0.3 is 5.97 Å². The Morgan fingerprint density at radius 2 is 1.60 bits per heavy atom. The second-order valence-corrected chi connectivity index (χ2v) is 6.24. The highest BCUT2D eigenvalue weighted by Crippen LogP contribution is 2.23. The van der Waals surface area contributed by atoms with Crippen LogP contribution in [-0.4, -0.2) is 42.3 Å². The third-order valence-electron chi connectivity index (χ3n) is 3.65. The molecule has 7 heteroatoms. The van der Waals surface area contributed by atoms with E-state index >= 15 is 0 Å².